The van der Waals surface area contributed by atoms with Gasteiger partial charge < -0.3 is 15.4 Å². The van der Waals surface area contributed by atoms with Crippen LogP contribution in [0.2, 0.25) is 5.02 Å². The average molecular weight is 400 g/mol. The summed E-state index contributed by atoms with van der Waals surface area (Å²) in [7, 11) is 0. The summed E-state index contributed by atoms with van der Waals surface area (Å²) < 4.78 is 5.39. The number of nitrogens with zero attached hydrogens (tertiary/aromatic N) is 3. The highest BCUT2D eigenvalue weighted by Crippen LogP contribution is 2.34. The molecular formula is C19H18ClN5O3. The molecule has 0 aliphatic carbocycles. The molecule has 9 heteroatoms. The van der Waals surface area contributed by atoms with Gasteiger partial charge in [0.25, 0.3) is 0 Å². The third-order valence-electron chi connectivity index (χ3n) is 3.87. The molecule has 0 fully saturated rings. The number of aryl methyl sites for hydroxylation is 1. The molecule has 0 amide bonds. The van der Waals surface area contributed by atoms with E-state index in [9.17, 15) is 10.1 Å². The van der Waals surface area contributed by atoms with Crippen LogP contribution in [0.4, 0.5) is 28.7 Å². The maximum atomic E-state index is 11.7. The number of benzene rings is 2. The fraction of sp³-hybridized carbons (Fsp3) is 0.158. The molecule has 3 rings (SSSR count). The van der Waals surface area contributed by atoms with Crippen molar-refractivity contribution < 1.29 is 9.66 Å². The van der Waals surface area contributed by atoms with Crippen LogP contribution in [0.5, 0.6) is 5.75 Å². The zero-order valence-corrected chi connectivity index (χ0v) is 16.0. The van der Waals surface area contributed by atoms with Gasteiger partial charge in [-0.1, -0.05) is 17.7 Å². The van der Waals surface area contributed by atoms with Crippen molar-refractivity contribution in [1.29, 1.82) is 0 Å². The monoisotopic (exact) mass is 399 g/mol. The van der Waals surface area contributed by atoms with Crippen molar-refractivity contribution in [3.8, 4) is 5.75 Å². The first-order valence-corrected chi connectivity index (χ1v) is 8.88. The second-order valence-corrected chi connectivity index (χ2v) is 6.26. The Hall–Kier alpha value is -3.39. The van der Waals surface area contributed by atoms with Gasteiger partial charge in [0.1, 0.15) is 12.1 Å². The molecule has 2 N–H and O–H groups in total. The molecule has 144 valence electrons. The smallest absolute Gasteiger partial charge is 0.353 e. The minimum absolute atomic E-state index is 0.0633. The molecule has 1 heterocycles. The predicted octanol–water partition coefficient (Wildman–Crippen LogP) is 5.23. The highest BCUT2D eigenvalue weighted by atomic mass is 35.5. The van der Waals surface area contributed by atoms with Crippen molar-refractivity contribution in [2.75, 3.05) is 17.2 Å². The summed E-state index contributed by atoms with van der Waals surface area (Å²) in [5.41, 5.74) is 1.86. The quantitative estimate of drug-likeness (QED) is 0.414. The highest BCUT2D eigenvalue weighted by molar-refractivity contribution is 6.31. The fourth-order valence-electron chi connectivity index (χ4n) is 2.48. The Morgan fingerprint density at radius 3 is 2.25 bits per heavy atom. The van der Waals surface area contributed by atoms with Crippen molar-refractivity contribution in [2.24, 2.45) is 0 Å². The molecule has 0 radical (unpaired) electrons. The Morgan fingerprint density at radius 2 is 1.68 bits per heavy atom. The number of anilines is 4. The molecule has 0 aliphatic rings. The first-order valence-electron chi connectivity index (χ1n) is 8.50. The van der Waals surface area contributed by atoms with E-state index in [1.54, 1.807) is 36.4 Å². The van der Waals surface area contributed by atoms with E-state index in [-0.39, 0.29) is 17.3 Å². The van der Waals surface area contributed by atoms with Crippen LogP contribution in [-0.4, -0.2) is 21.5 Å². The minimum atomic E-state index is -0.533. The molecule has 1 aromatic heterocycles. The van der Waals surface area contributed by atoms with Gasteiger partial charge in [-0.2, -0.15) is 0 Å². The van der Waals surface area contributed by atoms with Crippen LogP contribution in [0, 0.1) is 17.0 Å². The molecule has 0 saturated heterocycles. The lowest BCUT2D eigenvalue weighted by Crippen LogP contribution is -2.05. The topological polar surface area (TPSA) is 102 Å². The first kappa shape index (κ1) is 19.4. The van der Waals surface area contributed by atoms with Crippen LogP contribution < -0.4 is 15.4 Å². The molecule has 0 atom stereocenters. The zero-order valence-electron chi connectivity index (χ0n) is 15.3. The van der Waals surface area contributed by atoms with E-state index in [0.29, 0.717) is 28.8 Å². The average Bonchev–Trinajstić information content (AvgIpc) is 2.66. The maximum absolute atomic E-state index is 11.7. The Morgan fingerprint density at radius 1 is 1.07 bits per heavy atom. The molecule has 0 saturated carbocycles. The summed E-state index contributed by atoms with van der Waals surface area (Å²) in [5, 5.41) is 18.1. The van der Waals surface area contributed by atoms with Crippen LogP contribution in [0.3, 0.4) is 0 Å². The summed E-state index contributed by atoms with van der Waals surface area (Å²) >= 11 is 6.13. The number of nitro groups is 1. The van der Waals surface area contributed by atoms with Gasteiger partial charge in [0.15, 0.2) is 0 Å². The molecular weight excluding hydrogens is 382 g/mol. The normalized spacial score (nSPS) is 10.4. The third kappa shape index (κ3) is 4.47. The van der Waals surface area contributed by atoms with E-state index in [1.807, 2.05) is 19.9 Å². The Kier molecular flexibility index (Phi) is 5.90. The van der Waals surface area contributed by atoms with Gasteiger partial charge >= 0.3 is 5.69 Å². The predicted molar refractivity (Wildman–Crippen MR) is 109 cm³/mol. The standard InChI is InChI=1S/C19H18ClN5O3/c1-3-28-15-8-6-13(7-9-15)23-18-17(25(26)27)19(22-11-21-18)24-14-5-4-12(2)16(20)10-14/h4-11H,3H2,1-2H3,(H2,21,22,23,24). The Labute approximate surface area is 166 Å². The van der Waals surface area contributed by atoms with Crippen molar-refractivity contribution in [3.05, 3.63) is 69.5 Å². The molecule has 2 aromatic carbocycles. The van der Waals surface area contributed by atoms with Crippen molar-refractivity contribution in [2.45, 2.75) is 13.8 Å². The number of hydrogen-bond acceptors (Lipinski definition) is 7. The van der Waals surface area contributed by atoms with Crippen LogP contribution >= 0.6 is 11.6 Å². The number of halogens is 1. The second-order valence-electron chi connectivity index (χ2n) is 5.85. The van der Waals surface area contributed by atoms with Crippen LogP contribution in [0.1, 0.15) is 12.5 Å². The molecule has 0 bridgehead atoms. The first-order chi connectivity index (χ1) is 13.5. The number of nitrogens with one attached hydrogen (secondary N) is 2. The van der Waals surface area contributed by atoms with Gasteiger partial charge in [-0.15, -0.1) is 0 Å². The van der Waals surface area contributed by atoms with Crippen LogP contribution in [0.15, 0.2) is 48.8 Å². The van der Waals surface area contributed by atoms with Gasteiger partial charge in [0.05, 0.1) is 11.5 Å². The number of aromatic nitrogens is 2. The van der Waals surface area contributed by atoms with Gasteiger partial charge in [-0.3, -0.25) is 10.1 Å². The Bertz CT molecular complexity index is 995. The largest absolute Gasteiger partial charge is 0.494 e. The summed E-state index contributed by atoms with van der Waals surface area (Å²) in [6, 6.07) is 12.3. The van der Waals surface area contributed by atoms with E-state index < -0.39 is 4.92 Å². The molecule has 0 unspecified atom stereocenters. The fourth-order valence-corrected chi connectivity index (χ4v) is 2.66. The molecule has 28 heavy (non-hydrogen) atoms. The highest BCUT2D eigenvalue weighted by Gasteiger charge is 2.23. The van der Waals surface area contributed by atoms with E-state index in [4.69, 9.17) is 16.3 Å². The molecule has 3 aromatic rings. The van der Waals surface area contributed by atoms with Gasteiger partial charge in [0, 0.05) is 16.4 Å². The van der Waals surface area contributed by atoms with Gasteiger partial charge in [-0.25, -0.2) is 9.97 Å². The molecule has 0 spiro atoms. The Balaban J connectivity index is 1.90. The molecule has 0 aliphatic heterocycles. The lowest BCUT2D eigenvalue weighted by Gasteiger charge is -2.11. The SMILES string of the molecule is CCOc1ccc(Nc2ncnc(Nc3ccc(C)c(Cl)c3)c2[N+](=O)[O-])cc1. The van der Waals surface area contributed by atoms with Crippen LogP contribution in [-0.2, 0) is 0 Å². The lowest BCUT2D eigenvalue weighted by molar-refractivity contribution is -0.383. The van der Waals surface area contributed by atoms with Gasteiger partial charge in [-0.05, 0) is 55.8 Å². The van der Waals surface area contributed by atoms with Crippen molar-refractivity contribution >= 4 is 40.3 Å². The maximum Gasteiger partial charge on any atom is 0.353 e. The minimum Gasteiger partial charge on any atom is -0.494 e. The molecule has 8 nitrogen and oxygen atoms in total. The van der Waals surface area contributed by atoms with E-state index in [0.717, 1.165) is 5.56 Å². The van der Waals surface area contributed by atoms with Crippen molar-refractivity contribution in [1.82, 2.24) is 9.97 Å². The third-order valence-corrected chi connectivity index (χ3v) is 4.27. The summed E-state index contributed by atoms with van der Waals surface area (Å²) in [5.74, 6) is 0.849. The van der Waals surface area contributed by atoms with E-state index in [1.165, 1.54) is 6.33 Å². The number of rotatable bonds is 7. The second kappa shape index (κ2) is 8.53. The van der Waals surface area contributed by atoms with Gasteiger partial charge in [0.2, 0.25) is 11.6 Å². The van der Waals surface area contributed by atoms with E-state index in [2.05, 4.69) is 20.6 Å². The lowest BCUT2D eigenvalue weighted by atomic mass is 10.2. The van der Waals surface area contributed by atoms with E-state index >= 15 is 0 Å². The summed E-state index contributed by atoms with van der Waals surface area (Å²) in [4.78, 5) is 19.2. The summed E-state index contributed by atoms with van der Waals surface area (Å²) in [6.45, 7) is 4.33. The van der Waals surface area contributed by atoms with Crippen LogP contribution in [0.25, 0.3) is 0 Å². The number of hydrogen-bond donors (Lipinski definition) is 2. The van der Waals surface area contributed by atoms with Crippen molar-refractivity contribution in [3.63, 3.8) is 0 Å². The summed E-state index contributed by atoms with van der Waals surface area (Å²) in [6.07, 6.45) is 1.25. The zero-order chi connectivity index (χ0) is 20.1. The number of ether oxygens (including phenoxy) is 1.